The van der Waals surface area contributed by atoms with Gasteiger partial charge in [-0.3, -0.25) is 4.79 Å². The van der Waals surface area contributed by atoms with E-state index < -0.39 is 5.60 Å². The molecule has 0 aromatic rings. The Morgan fingerprint density at radius 2 is 2.00 bits per heavy atom. The van der Waals surface area contributed by atoms with Gasteiger partial charge in [0.05, 0.1) is 5.60 Å². The van der Waals surface area contributed by atoms with Gasteiger partial charge in [-0.1, -0.05) is 32.8 Å². The van der Waals surface area contributed by atoms with E-state index in [1.165, 1.54) is 24.8 Å². The second kappa shape index (κ2) is 6.35. The van der Waals surface area contributed by atoms with Crippen LogP contribution in [0.25, 0.3) is 0 Å². The zero-order valence-electron chi connectivity index (χ0n) is 15.3. The lowest BCUT2D eigenvalue weighted by Crippen LogP contribution is -2.42. The molecule has 0 saturated heterocycles. The number of carbonyl (C=O) groups excluding carboxylic acids is 1. The second-order valence-corrected chi connectivity index (χ2v) is 8.84. The maximum absolute atomic E-state index is 11.8. The first-order valence-corrected chi connectivity index (χ1v) is 9.80. The van der Waals surface area contributed by atoms with Crippen LogP contribution in [0.5, 0.6) is 0 Å². The zero-order valence-corrected chi connectivity index (χ0v) is 15.3. The first-order valence-electron chi connectivity index (χ1n) is 9.80. The summed E-state index contributed by atoms with van der Waals surface area (Å²) in [6, 6.07) is 0. The van der Waals surface area contributed by atoms with Crippen molar-refractivity contribution in [3.8, 4) is 0 Å². The smallest absolute Gasteiger partial charge is 0.155 e. The Balaban J connectivity index is 1.88. The maximum atomic E-state index is 11.8. The van der Waals surface area contributed by atoms with Gasteiger partial charge >= 0.3 is 0 Å². The third-order valence-electron chi connectivity index (χ3n) is 7.71. The zero-order chi connectivity index (χ0) is 16.8. The van der Waals surface area contributed by atoms with Crippen LogP contribution >= 0.6 is 0 Å². The van der Waals surface area contributed by atoms with Gasteiger partial charge in [0, 0.05) is 6.42 Å². The van der Waals surface area contributed by atoms with Crippen LogP contribution in [0, 0.1) is 35.5 Å². The van der Waals surface area contributed by atoms with Crippen LogP contribution in [0.2, 0.25) is 0 Å². The molecule has 3 rings (SSSR count). The maximum Gasteiger partial charge on any atom is 0.155 e. The number of rotatable bonds is 3. The highest BCUT2D eigenvalue weighted by atomic mass is 16.3. The molecule has 0 aromatic carbocycles. The lowest BCUT2D eigenvalue weighted by Gasteiger charge is -2.48. The minimum atomic E-state index is -0.483. The fourth-order valence-corrected chi connectivity index (χ4v) is 5.96. The first-order chi connectivity index (χ1) is 10.8. The summed E-state index contributed by atoms with van der Waals surface area (Å²) in [6.07, 6.45) is 9.46. The number of carbonyl (C=O) groups is 1. The summed E-state index contributed by atoms with van der Waals surface area (Å²) in [4.78, 5) is 11.8. The Morgan fingerprint density at radius 1 is 1.26 bits per heavy atom. The lowest BCUT2D eigenvalue weighted by atomic mass is 9.57. The molecule has 0 radical (unpaired) electrons. The van der Waals surface area contributed by atoms with Crippen molar-refractivity contribution in [1.82, 2.24) is 0 Å². The van der Waals surface area contributed by atoms with Crippen molar-refractivity contribution < 1.29 is 9.90 Å². The van der Waals surface area contributed by atoms with Crippen molar-refractivity contribution >= 4 is 5.78 Å². The van der Waals surface area contributed by atoms with Gasteiger partial charge in [0.25, 0.3) is 0 Å². The average molecular weight is 319 g/mol. The molecule has 2 heteroatoms. The molecule has 0 heterocycles. The standard InChI is InChI=1S/C21H34O2/c1-5-13(2)20-18-9-7-16(22)12-15(18)6-8-19(20)17-10-11-21(4,23)14(17)3/h12-14,17-20,23H,5-11H2,1-4H3/t13?,14?,17?,18?,19?,20?,21-/m0/s1. The van der Waals surface area contributed by atoms with E-state index in [9.17, 15) is 9.90 Å². The number of aliphatic hydroxyl groups is 1. The Hall–Kier alpha value is -0.630. The molecule has 23 heavy (non-hydrogen) atoms. The summed E-state index contributed by atoms with van der Waals surface area (Å²) in [5.74, 6) is 4.16. The highest BCUT2D eigenvalue weighted by Gasteiger charge is 2.50. The van der Waals surface area contributed by atoms with Crippen LogP contribution in [-0.2, 0) is 4.79 Å². The molecular weight excluding hydrogens is 284 g/mol. The predicted molar refractivity (Wildman–Crippen MR) is 94.0 cm³/mol. The summed E-state index contributed by atoms with van der Waals surface area (Å²) in [6.45, 7) is 9.02. The van der Waals surface area contributed by atoms with E-state index in [0.717, 1.165) is 31.6 Å². The Morgan fingerprint density at radius 3 is 2.61 bits per heavy atom. The van der Waals surface area contributed by atoms with Gasteiger partial charge in [-0.15, -0.1) is 0 Å². The molecule has 3 aliphatic carbocycles. The quantitative estimate of drug-likeness (QED) is 0.814. The second-order valence-electron chi connectivity index (χ2n) is 8.84. The van der Waals surface area contributed by atoms with Crippen molar-refractivity contribution in [3.05, 3.63) is 11.6 Å². The molecule has 0 aliphatic heterocycles. The highest BCUT2D eigenvalue weighted by molar-refractivity contribution is 5.91. The third kappa shape index (κ3) is 3.04. The molecule has 0 amide bonds. The Labute approximate surface area is 141 Å². The van der Waals surface area contributed by atoms with Gasteiger partial charge in [-0.25, -0.2) is 0 Å². The van der Waals surface area contributed by atoms with Crippen molar-refractivity contribution in [2.45, 2.75) is 78.2 Å². The van der Waals surface area contributed by atoms with Crippen molar-refractivity contribution in [2.24, 2.45) is 35.5 Å². The minimum Gasteiger partial charge on any atom is -0.390 e. The van der Waals surface area contributed by atoms with Crippen LogP contribution in [-0.4, -0.2) is 16.5 Å². The molecule has 0 bridgehead atoms. The third-order valence-corrected chi connectivity index (χ3v) is 7.71. The molecule has 6 unspecified atom stereocenters. The van der Waals surface area contributed by atoms with E-state index in [4.69, 9.17) is 0 Å². The van der Waals surface area contributed by atoms with Gasteiger partial charge in [-0.05, 0) is 80.6 Å². The van der Waals surface area contributed by atoms with Crippen molar-refractivity contribution in [3.63, 3.8) is 0 Å². The van der Waals surface area contributed by atoms with E-state index in [0.29, 0.717) is 35.4 Å². The average Bonchev–Trinajstić information content (AvgIpc) is 2.79. The number of ketones is 1. The number of hydrogen-bond acceptors (Lipinski definition) is 2. The summed E-state index contributed by atoms with van der Waals surface area (Å²) >= 11 is 0. The largest absolute Gasteiger partial charge is 0.390 e. The van der Waals surface area contributed by atoms with Gasteiger partial charge in [0.1, 0.15) is 0 Å². The van der Waals surface area contributed by atoms with Crippen molar-refractivity contribution in [1.29, 1.82) is 0 Å². The monoisotopic (exact) mass is 318 g/mol. The number of fused-ring (bicyclic) bond motifs is 1. The van der Waals surface area contributed by atoms with E-state index in [1.807, 2.05) is 13.0 Å². The summed E-state index contributed by atoms with van der Waals surface area (Å²) < 4.78 is 0. The molecular formula is C21H34O2. The van der Waals surface area contributed by atoms with Gasteiger partial charge in [0.2, 0.25) is 0 Å². The topological polar surface area (TPSA) is 37.3 Å². The van der Waals surface area contributed by atoms with Crippen LogP contribution in [0.4, 0.5) is 0 Å². The van der Waals surface area contributed by atoms with E-state index >= 15 is 0 Å². The Kier molecular flexibility index (Phi) is 4.75. The summed E-state index contributed by atoms with van der Waals surface area (Å²) in [5.41, 5.74) is 0.962. The SMILES string of the molecule is CCC(C)C1C2CCC(=O)C=C2CCC1C1CC[C@](C)(O)C1C. The summed E-state index contributed by atoms with van der Waals surface area (Å²) in [7, 11) is 0. The molecule has 3 aliphatic rings. The molecule has 2 nitrogen and oxygen atoms in total. The van der Waals surface area contributed by atoms with Crippen LogP contribution < -0.4 is 0 Å². The number of hydrogen-bond donors (Lipinski definition) is 1. The highest BCUT2D eigenvalue weighted by Crippen LogP contribution is 2.55. The van der Waals surface area contributed by atoms with Gasteiger partial charge in [-0.2, -0.15) is 0 Å². The van der Waals surface area contributed by atoms with Crippen LogP contribution in [0.3, 0.4) is 0 Å². The lowest BCUT2D eigenvalue weighted by molar-refractivity contribution is -0.115. The van der Waals surface area contributed by atoms with Gasteiger partial charge < -0.3 is 5.11 Å². The molecule has 0 spiro atoms. The first kappa shape index (κ1) is 17.2. The fourth-order valence-electron chi connectivity index (χ4n) is 5.96. The van der Waals surface area contributed by atoms with E-state index in [1.54, 1.807) is 0 Å². The van der Waals surface area contributed by atoms with E-state index in [2.05, 4.69) is 20.8 Å². The molecule has 130 valence electrons. The normalized spacial score (nSPS) is 45.5. The summed E-state index contributed by atoms with van der Waals surface area (Å²) in [5, 5.41) is 10.7. The molecule has 1 N–H and O–H groups in total. The molecule has 7 atom stereocenters. The fraction of sp³-hybridized carbons (Fsp3) is 0.857. The molecule has 2 fully saturated rings. The van der Waals surface area contributed by atoms with Crippen molar-refractivity contribution in [2.75, 3.05) is 0 Å². The molecule has 2 saturated carbocycles. The van der Waals surface area contributed by atoms with E-state index in [-0.39, 0.29) is 0 Å². The number of allylic oxidation sites excluding steroid dienone is 2. The van der Waals surface area contributed by atoms with Gasteiger partial charge in [0.15, 0.2) is 5.78 Å². The Bertz CT molecular complexity index is 490. The molecule has 0 aromatic heterocycles. The minimum absolute atomic E-state index is 0.342. The van der Waals surface area contributed by atoms with Crippen LogP contribution in [0.15, 0.2) is 11.6 Å². The van der Waals surface area contributed by atoms with Crippen LogP contribution in [0.1, 0.15) is 72.6 Å². The predicted octanol–water partition coefficient (Wildman–Crippen LogP) is 4.76.